The molecule has 3 heteroatoms. The number of nitriles is 1. The van der Waals surface area contributed by atoms with Gasteiger partial charge in [-0.3, -0.25) is 0 Å². The Morgan fingerprint density at radius 1 is 1.83 bits per heavy atom. The van der Waals surface area contributed by atoms with Crippen molar-refractivity contribution in [3.8, 4) is 6.26 Å². The molecule has 0 spiro atoms. The Kier molecular flexibility index (Phi) is 43.0. The molecule has 0 aliphatic heterocycles. The van der Waals surface area contributed by atoms with E-state index in [0.717, 1.165) is 6.26 Å². The average Bonchev–Trinajstić information content (AvgIpc) is 1.39. The minimum atomic E-state index is 0.250. The number of hydrogen-bond donors (Lipinski definition) is 2. The SMILES string of the molecule is CCO.N#CO. The molecule has 0 atom stereocenters. The number of aliphatic hydroxyl groups excluding tert-OH is 2. The molecule has 0 amide bonds. The molecule has 0 aromatic carbocycles. The molecule has 0 unspecified atom stereocenters. The second-order valence-corrected chi connectivity index (χ2v) is 0.416. The van der Waals surface area contributed by atoms with E-state index in [1.54, 1.807) is 6.92 Å². The molecule has 6 heavy (non-hydrogen) atoms. The maximum absolute atomic E-state index is 7.57. The lowest BCUT2D eigenvalue weighted by Crippen LogP contribution is -1.57. The highest BCUT2D eigenvalue weighted by Gasteiger charge is 1.34. The molecule has 36 valence electrons. The van der Waals surface area contributed by atoms with E-state index in [4.69, 9.17) is 15.5 Å². The molecule has 2 N–H and O–H groups in total. The van der Waals surface area contributed by atoms with Crippen molar-refractivity contribution in [2.45, 2.75) is 6.92 Å². The van der Waals surface area contributed by atoms with Gasteiger partial charge in [0.1, 0.15) is 0 Å². The normalized spacial score (nSPS) is 4.17. The van der Waals surface area contributed by atoms with Gasteiger partial charge in [0.2, 0.25) is 0 Å². The number of rotatable bonds is 0. The van der Waals surface area contributed by atoms with Crippen molar-refractivity contribution < 1.29 is 10.2 Å². The van der Waals surface area contributed by atoms with Gasteiger partial charge >= 0.3 is 0 Å². The molecule has 0 rings (SSSR count). The summed E-state index contributed by atoms with van der Waals surface area (Å²) in [5.41, 5.74) is 0. The Morgan fingerprint density at radius 3 is 1.83 bits per heavy atom. The zero-order chi connectivity index (χ0) is 5.41. The van der Waals surface area contributed by atoms with Gasteiger partial charge in [0.25, 0.3) is 6.26 Å². The van der Waals surface area contributed by atoms with Crippen molar-refractivity contribution in [3.63, 3.8) is 0 Å². The van der Waals surface area contributed by atoms with Crippen molar-refractivity contribution >= 4 is 0 Å². The Labute approximate surface area is 36.5 Å². The molecule has 0 radical (unpaired) electrons. The number of aliphatic hydroxyl groups is 2. The van der Waals surface area contributed by atoms with Gasteiger partial charge in [0, 0.05) is 6.61 Å². The molecule has 0 fully saturated rings. The van der Waals surface area contributed by atoms with Crippen LogP contribution in [0.4, 0.5) is 0 Å². The molecule has 0 aromatic heterocycles. The lowest BCUT2D eigenvalue weighted by atomic mass is 10.9. The molecule has 0 aliphatic carbocycles. The number of hydrogen-bond acceptors (Lipinski definition) is 3. The molecule has 0 aliphatic rings. The third-order valence-electron chi connectivity index (χ3n) is 0. The van der Waals surface area contributed by atoms with Crippen LogP contribution in [-0.4, -0.2) is 16.8 Å². The van der Waals surface area contributed by atoms with Crippen LogP contribution in [0.1, 0.15) is 6.92 Å². The van der Waals surface area contributed by atoms with E-state index in [0.29, 0.717) is 0 Å². The average molecular weight is 89.1 g/mol. The maximum Gasteiger partial charge on any atom is 0.283 e. The van der Waals surface area contributed by atoms with Crippen molar-refractivity contribution in [1.29, 1.82) is 5.26 Å². The first-order valence-electron chi connectivity index (χ1n) is 1.47. The van der Waals surface area contributed by atoms with Gasteiger partial charge in [0.05, 0.1) is 0 Å². The zero-order valence-electron chi connectivity index (χ0n) is 3.55. The van der Waals surface area contributed by atoms with Gasteiger partial charge in [-0.1, -0.05) is 0 Å². The summed E-state index contributed by atoms with van der Waals surface area (Å²) in [5.74, 6) is 0. The Balaban J connectivity index is 0. The third-order valence-corrected chi connectivity index (χ3v) is 0. The highest BCUT2D eigenvalue weighted by Crippen LogP contribution is 1.30. The predicted octanol–water partition coefficient (Wildman–Crippen LogP) is -0.161. The van der Waals surface area contributed by atoms with Crippen LogP contribution < -0.4 is 0 Å². The molecule has 3 nitrogen and oxygen atoms in total. The maximum atomic E-state index is 7.57. The highest BCUT2D eigenvalue weighted by atomic mass is 16.2. The van der Waals surface area contributed by atoms with E-state index in [2.05, 4.69) is 0 Å². The monoisotopic (exact) mass is 89.0 g/mol. The van der Waals surface area contributed by atoms with E-state index in [9.17, 15) is 0 Å². The molecule has 0 saturated carbocycles. The summed E-state index contributed by atoms with van der Waals surface area (Å²) in [4.78, 5) is 0. The first-order valence-corrected chi connectivity index (χ1v) is 1.47. The summed E-state index contributed by atoms with van der Waals surface area (Å²) in [5, 5.41) is 21.3. The van der Waals surface area contributed by atoms with E-state index in [1.165, 1.54) is 0 Å². The second kappa shape index (κ2) is 28.7. The van der Waals surface area contributed by atoms with E-state index in [-0.39, 0.29) is 6.61 Å². The van der Waals surface area contributed by atoms with E-state index in [1.807, 2.05) is 0 Å². The third kappa shape index (κ3) is 29.2. The minimum absolute atomic E-state index is 0.250. The van der Waals surface area contributed by atoms with Crippen molar-refractivity contribution in [3.05, 3.63) is 0 Å². The van der Waals surface area contributed by atoms with Gasteiger partial charge in [-0.25, -0.2) is 0 Å². The molecular formula is C3H7NO2. The fourth-order valence-electron chi connectivity index (χ4n) is 0. The number of nitrogens with zero attached hydrogens (tertiary/aromatic N) is 1. The predicted molar refractivity (Wildman–Crippen MR) is 20.3 cm³/mol. The lowest BCUT2D eigenvalue weighted by Gasteiger charge is -1.52. The lowest BCUT2D eigenvalue weighted by molar-refractivity contribution is 0.318. The van der Waals surface area contributed by atoms with Gasteiger partial charge in [-0.05, 0) is 6.92 Å². The Hall–Kier alpha value is -0.750. The summed E-state index contributed by atoms with van der Waals surface area (Å²) in [6, 6.07) is 0. The summed E-state index contributed by atoms with van der Waals surface area (Å²) < 4.78 is 0. The van der Waals surface area contributed by atoms with Crippen LogP contribution in [0.3, 0.4) is 0 Å². The topological polar surface area (TPSA) is 64.2 Å². The van der Waals surface area contributed by atoms with Crippen LogP contribution in [0.15, 0.2) is 0 Å². The first-order chi connectivity index (χ1) is 2.83. The van der Waals surface area contributed by atoms with Gasteiger partial charge in [0.15, 0.2) is 0 Å². The second-order valence-electron chi connectivity index (χ2n) is 0.416. The fraction of sp³-hybridized carbons (Fsp3) is 0.667. The van der Waals surface area contributed by atoms with Crippen LogP contribution in [0.5, 0.6) is 0 Å². The summed E-state index contributed by atoms with van der Waals surface area (Å²) >= 11 is 0. The van der Waals surface area contributed by atoms with Crippen LogP contribution >= 0.6 is 0 Å². The van der Waals surface area contributed by atoms with E-state index >= 15 is 0 Å². The summed E-state index contributed by atoms with van der Waals surface area (Å²) in [7, 11) is 0. The molecule has 0 aromatic rings. The largest absolute Gasteiger partial charge is 0.443 e. The zero-order valence-corrected chi connectivity index (χ0v) is 3.55. The standard InChI is InChI=1S/C2H6O.CHNO/c1-2-3;2-1-3/h3H,2H2,1H3;3H. The molecule has 0 saturated heterocycles. The Bertz CT molecular complexity index is 38.5. The summed E-state index contributed by atoms with van der Waals surface area (Å²) in [6.07, 6.45) is 0.750. The summed E-state index contributed by atoms with van der Waals surface area (Å²) in [6.45, 7) is 1.93. The van der Waals surface area contributed by atoms with Crippen LogP contribution in [-0.2, 0) is 0 Å². The molecule has 0 bridgehead atoms. The van der Waals surface area contributed by atoms with Gasteiger partial charge in [-0.2, -0.15) is 5.26 Å². The molecular weight excluding hydrogens is 82.0 g/mol. The highest BCUT2D eigenvalue weighted by molar-refractivity contribution is 4.30. The fourth-order valence-corrected chi connectivity index (χ4v) is 0. The van der Waals surface area contributed by atoms with Crippen molar-refractivity contribution in [2.75, 3.05) is 6.61 Å². The van der Waals surface area contributed by atoms with Gasteiger partial charge in [-0.15, -0.1) is 0 Å². The Morgan fingerprint density at radius 2 is 1.83 bits per heavy atom. The molecule has 0 heterocycles. The quantitative estimate of drug-likeness (QED) is 0.405. The minimum Gasteiger partial charge on any atom is -0.443 e. The van der Waals surface area contributed by atoms with Gasteiger partial charge < -0.3 is 10.2 Å². The van der Waals surface area contributed by atoms with E-state index < -0.39 is 0 Å². The van der Waals surface area contributed by atoms with Crippen LogP contribution in [0.25, 0.3) is 0 Å². The van der Waals surface area contributed by atoms with Crippen molar-refractivity contribution in [2.24, 2.45) is 0 Å². The van der Waals surface area contributed by atoms with Crippen molar-refractivity contribution in [1.82, 2.24) is 0 Å². The van der Waals surface area contributed by atoms with Crippen LogP contribution in [0.2, 0.25) is 0 Å². The van der Waals surface area contributed by atoms with Crippen LogP contribution in [0, 0.1) is 11.5 Å². The first kappa shape index (κ1) is 8.98. The smallest absolute Gasteiger partial charge is 0.283 e.